The van der Waals surface area contributed by atoms with Crippen LogP contribution in [0.15, 0.2) is 22.5 Å². The van der Waals surface area contributed by atoms with Crippen LogP contribution in [0.4, 0.5) is 0 Å². The van der Waals surface area contributed by atoms with Crippen LogP contribution in [0.3, 0.4) is 0 Å². The summed E-state index contributed by atoms with van der Waals surface area (Å²) < 4.78 is 9.18. The fourth-order valence-electron chi connectivity index (χ4n) is 1.88. The number of carboxylic acid groups (broad SMARTS) is 1. The number of hydrogen-bond donors (Lipinski definition) is 2. The molecule has 0 fully saturated rings. The Morgan fingerprint density at radius 3 is 2.47 bits per heavy atom. The molecule has 0 saturated heterocycles. The Kier molecular flexibility index (Phi) is 4.68. The summed E-state index contributed by atoms with van der Waals surface area (Å²) in [4.78, 5) is 33.0. The van der Waals surface area contributed by atoms with Gasteiger partial charge in [-0.05, 0) is 13.8 Å². The molecule has 1 unspecified atom stereocenters. The van der Waals surface area contributed by atoms with Gasteiger partial charge in [-0.15, -0.1) is 0 Å². The lowest BCUT2D eigenvalue weighted by Gasteiger charge is -2.25. The summed E-state index contributed by atoms with van der Waals surface area (Å²) in [6, 6.07) is 0. The van der Waals surface area contributed by atoms with E-state index in [1.807, 2.05) is 0 Å². The van der Waals surface area contributed by atoms with E-state index < -0.39 is 18.0 Å². The Bertz CT molecular complexity index is 477. The van der Waals surface area contributed by atoms with Gasteiger partial charge in [-0.3, -0.25) is 4.79 Å². The number of nitrogens with one attached hydrogen (secondary N) is 1. The molecule has 7 heteroatoms. The van der Waals surface area contributed by atoms with E-state index in [4.69, 9.17) is 5.11 Å². The summed E-state index contributed by atoms with van der Waals surface area (Å²) in [5, 5.41) is 11.9. The first kappa shape index (κ1) is 14.7. The molecular weight excluding hydrogens is 254 g/mol. The molecule has 1 aliphatic rings. The Morgan fingerprint density at radius 1 is 1.37 bits per heavy atom. The molecule has 0 aromatic heterocycles. The Morgan fingerprint density at radius 2 is 2.00 bits per heavy atom. The summed E-state index contributed by atoms with van der Waals surface area (Å²) in [6.45, 7) is 3.40. The van der Waals surface area contributed by atoms with Crippen molar-refractivity contribution in [2.45, 2.75) is 26.4 Å². The van der Waals surface area contributed by atoms with Gasteiger partial charge in [-0.2, -0.15) is 0 Å². The van der Waals surface area contributed by atoms with Gasteiger partial charge in [-0.1, -0.05) is 0 Å². The average molecular weight is 269 g/mol. The number of esters is 1. The van der Waals surface area contributed by atoms with Crippen LogP contribution < -0.4 is 5.32 Å². The normalized spacial score (nSPS) is 16.6. The summed E-state index contributed by atoms with van der Waals surface area (Å²) in [5.74, 6) is -1.85. The lowest BCUT2D eigenvalue weighted by atomic mass is 9.94. The number of carbonyl (C=O) groups excluding carboxylic acids is 2. The molecule has 0 aromatic carbocycles. The predicted octanol–water partition coefficient (Wildman–Crippen LogP) is 0.327. The number of carboxylic acids is 1. The zero-order valence-corrected chi connectivity index (χ0v) is 10.9. The molecule has 0 bridgehead atoms. The molecule has 2 N–H and O–H groups in total. The first-order valence-electron chi connectivity index (χ1n) is 5.49. The minimum absolute atomic E-state index is 0.0577. The van der Waals surface area contributed by atoms with Crippen molar-refractivity contribution in [1.29, 1.82) is 0 Å². The molecular formula is C12H15NO6. The van der Waals surface area contributed by atoms with E-state index in [1.54, 1.807) is 13.8 Å². The molecule has 0 aromatic rings. The molecule has 0 amide bonds. The number of rotatable bonds is 5. The Balaban J connectivity index is 3.08. The number of hydrogen-bond acceptors (Lipinski definition) is 6. The monoisotopic (exact) mass is 269 g/mol. The third-order valence-electron chi connectivity index (χ3n) is 2.84. The highest BCUT2D eigenvalue weighted by Crippen LogP contribution is 2.27. The minimum Gasteiger partial charge on any atom is -0.478 e. The van der Waals surface area contributed by atoms with E-state index in [-0.39, 0.29) is 12.9 Å². The highest BCUT2D eigenvalue weighted by molar-refractivity contribution is 5.91. The maximum atomic E-state index is 11.6. The highest BCUT2D eigenvalue weighted by Gasteiger charge is 2.31. The van der Waals surface area contributed by atoms with Crippen LogP contribution in [0.5, 0.6) is 0 Å². The maximum Gasteiger partial charge on any atom is 0.349 e. The predicted molar refractivity (Wildman–Crippen MR) is 63.7 cm³/mol. The van der Waals surface area contributed by atoms with Gasteiger partial charge in [0.1, 0.15) is 0 Å². The number of methoxy groups -OCH3 is 1. The van der Waals surface area contributed by atoms with Crippen LogP contribution in [0.25, 0.3) is 0 Å². The second-order valence-electron chi connectivity index (χ2n) is 4.00. The van der Waals surface area contributed by atoms with Gasteiger partial charge in [-0.25, -0.2) is 9.59 Å². The minimum atomic E-state index is -1.42. The van der Waals surface area contributed by atoms with E-state index >= 15 is 0 Å². The van der Waals surface area contributed by atoms with Gasteiger partial charge < -0.3 is 19.9 Å². The zero-order valence-electron chi connectivity index (χ0n) is 10.9. The fourth-order valence-corrected chi connectivity index (χ4v) is 1.88. The van der Waals surface area contributed by atoms with E-state index in [2.05, 4.69) is 14.8 Å². The standard InChI is InChI=1S/C12H15NO6/c1-6-8(10(11(15)16)19-5-14)4-9(7(2)13-6)12(17)18-3/h5,10,13H,4H2,1-3H3,(H,15,16). The molecule has 1 rings (SSSR count). The number of aliphatic carboxylic acids is 1. The summed E-state index contributed by atoms with van der Waals surface area (Å²) in [5.41, 5.74) is 1.75. The quantitative estimate of drug-likeness (QED) is 0.547. The van der Waals surface area contributed by atoms with Gasteiger partial charge >= 0.3 is 11.9 Å². The fraction of sp³-hybridized carbons (Fsp3) is 0.417. The summed E-state index contributed by atoms with van der Waals surface area (Å²) >= 11 is 0. The highest BCUT2D eigenvalue weighted by atomic mass is 16.5. The van der Waals surface area contributed by atoms with Crippen molar-refractivity contribution in [3.8, 4) is 0 Å². The maximum absolute atomic E-state index is 11.6. The molecule has 0 spiro atoms. The van der Waals surface area contributed by atoms with Crippen molar-refractivity contribution in [3.63, 3.8) is 0 Å². The van der Waals surface area contributed by atoms with E-state index in [1.165, 1.54) is 7.11 Å². The molecule has 1 atom stereocenters. The Labute approximate surface area is 109 Å². The van der Waals surface area contributed by atoms with E-state index in [0.29, 0.717) is 22.5 Å². The van der Waals surface area contributed by atoms with Crippen LogP contribution in [0.1, 0.15) is 20.3 Å². The van der Waals surface area contributed by atoms with Crippen molar-refractivity contribution in [2.75, 3.05) is 7.11 Å². The van der Waals surface area contributed by atoms with Crippen LogP contribution in [0, 0.1) is 0 Å². The largest absolute Gasteiger partial charge is 0.478 e. The topological polar surface area (TPSA) is 102 Å². The SMILES string of the molecule is COC(=O)C1=C(C)NC(C)=C(C(OC=O)C(=O)O)C1. The molecule has 0 aliphatic carbocycles. The Hall–Kier alpha value is -2.31. The number of dihydropyridines is 1. The first-order valence-corrected chi connectivity index (χ1v) is 5.49. The van der Waals surface area contributed by atoms with Crippen LogP contribution in [-0.4, -0.2) is 36.7 Å². The number of ether oxygens (including phenoxy) is 2. The smallest absolute Gasteiger partial charge is 0.349 e. The average Bonchev–Trinajstić information content (AvgIpc) is 2.35. The van der Waals surface area contributed by atoms with Gasteiger partial charge in [0, 0.05) is 23.4 Å². The van der Waals surface area contributed by atoms with Crippen molar-refractivity contribution in [3.05, 3.63) is 22.5 Å². The van der Waals surface area contributed by atoms with Crippen LogP contribution in [0.2, 0.25) is 0 Å². The van der Waals surface area contributed by atoms with Crippen LogP contribution >= 0.6 is 0 Å². The lowest BCUT2D eigenvalue weighted by Crippen LogP contribution is -2.33. The number of carbonyl (C=O) groups is 3. The van der Waals surface area contributed by atoms with Crippen LogP contribution in [-0.2, 0) is 23.9 Å². The van der Waals surface area contributed by atoms with Gasteiger partial charge in [0.25, 0.3) is 6.47 Å². The molecule has 1 heterocycles. The van der Waals surface area contributed by atoms with Crippen molar-refractivity contribution < 1.29 is 29.0 Å². The third-order valence-corrected chi connectivity index (χ3v) is 2.84. The summed E-state index contributed by atoms with van der Waals surface area (Å²) in [7, 11) is 1.24. The van der Waals surface area contributed by atoms with E-state index in [0.717, 1.165) is 0 Å². The first-order chi connectivity index (χ1) is 8.92. The molecule has 19 heavy (non-hydrogen) atoms. The lowest BCUT2D eigenvalue weighted by molar-refractivity contribution is -0.154. The van der Waals surface area contributed by atoms with Gasteiger partial charge in [0.05, 0.1) is 12.7 Å². The zero-order chi connectivity index (χ0) is 14.6. The molecule has 1 aliphatic heterocycles. The number of allylic oxidation sites excluding steroid dienone is 2. The van der Waals surface area contributed by atoms with Gasteiger partial charge in [0.15, 0.2) is 0 Å². The van der Waals surface area contributed by atoms with Gasteiger partial charge in [0.2, 0.25) is 6.10 Å². The van der Waals surface area contributed by atoms with Crippen molar-refractivity contribution in [1.82, 2.24) is 5.32 Å². The second kappa shape index (κ2) is 6.03. The molecule has 104 valence electrons. The summed E-state index contributed by atoms with van der Waals surface area (Å²) in [6.07, 6.45) is -1.36. The molecule has 0 saturated carbocycles. The second-order valence-corrected chi connectivity index (χ2v) is 4.00. The van der Waals surface area contributed by atoms with Crippen molar-refractivity contribution >= 4 is 18.4 Å². The molecule has 0 radical (unpaired) electrons. The third kappa shape index (κ3) is 3.12. The van der Waals surface area contributed by atoms with E-state index in [9.17, 15) is 14.4 Å². The molecule has 7 nitrogen and oxygen atoms in total. The van der Waals surface area contributed by atoms with Crippen molar-refractivity contribution in [2.24, 2.45) is 0 Å².